The Balaban J connectivity index is 2.19. The number of benzene rings is 2. The van der Waals surface area contributed by atoms with Crippen LogP contribution < -0.4 is 15.9 Å². The number of para-hydroxylation sites is 1. The number of nitrogens with two attached hydrogens (primary N) is 1. The van der Waals surface area contributed by atoms with Gasteiger partial charge in [-0.25, -0.2) is 15.0 Å². The molecular formula is C15H12BrN3O3. The van der Waals surface area contributed by atoms with E-state index in [1.165, 1.54) is 6.21 Å². The van der Waals surface area contributed by atoms with Gasteiger partial charge in [0.05, 0.1) is 11.8 Å². The van der Waals surface area contributed by atoms with Crippen LogP contribution in [0.1, 0.15) is 15.9 Å². The number of amides is 2. The predicted molar refractivity (Wildman–Crippen MR) is 85.9 cm³/mol. The fourth-order valence-corrected chi connectivity index (χ4v) is 2.07. The van der Waals surface area contributed by atoms with Crippen LogP contribution in [0.4, 0.5) is 4.79 Å². The molecule has 3 N–H and O–H groups in total. The largest absolute Gasteiger partial charge is 0.422 e. The van der Waals surface area contributed by atoms with Gasteiger partial charge in [0.25, 0.3) is 0 Å². The Kier molecular flexibility index (Phi) is 5.26. The molecule has 0 radical (unpaired) electrons. The van der Waals surface area contributed by atoms with Gasteiger partial charge < -0.3 is 10.5 Å². The number of nitrogens with zero attached hydrogens (tertiary/aromatic N) is 1. The number of hydrogen-bond acceptors (Lipinski definition) is 4. The average Bonchev–Trinajstić information content (AvgIpc) is 2.49. The first-order valence-electron chi connectivity index (χ1n) is 6.22. The maximum absolute atomic E-state index is 12.2. The summed E-state index contributed by atoms with van der Waals surface area (Å²) in [7, 11) is 0. The number of rotatable bonds is 4. The van der Waals surface area contributed by atoms with Crippen molar-refractivity contribution in [3.05, 3.63) is 64.1 Å². The highest BCUT2D eigenvalue weighted by molar-refractivity contribution is 9.10. The third kappa shape index (κ3) is 4.16. The molecule has 0 atom stereocenters. The molecule has 22 heavy (non-hydrogen) atoms. The monoisotopic (exact) mass is 361 g/mol. The summed E-state index contributed by atoms with van der Waals surface area (Å²) in [5.74, 6) is -0.186. The standard InChI is InChI=1S/C15H12BrN3O3/c16-12-7-3-2-6-11(12)14(20)22-13-8-4-1-5-10(13)9-18-19-15(17)21/h1-9H,(H3,17,19,21)/b18-9+. The Labute approximate surface area is 135 Å². The van der Waals surface area contributed by atoms with Crippen molar-refractivity contribution in [1.82, 2.24) is 5.43 Å². The summed E-state index contributed by atoms with van der Waals surface area (Å²) >= 11 is 3.30. The Morgan fingerprint density at radius 2 is 1.82 bits per heavy atom. The summed E-state index contributed by atoms with van der Waals surface area (Å²) in [6.07, 6.45) is 1.34. The predicted octanol–water partition coefficient (Wildman–Crippen LogP) is 2.67. The highest BCUT2D eigenvalue weighted by atomic mass is 79.9. The van der Waals surface area contributed by atoms with E-state index in [-0.39, 0.29) is 0 Å². The molecule has 112 valence electrons. The molecule has 6 nitrogen and oxygen atoms in total. The number of hydrazone groups is 1. The first kappa shape index (κ1) is 15.7. The molecule has 2 aromatic carbocycles. The van der Waals surface area contributed by atoms with Crippen LogP contribution in [0.2, 0.25) is 0 Å². The lowest BCUT2D eigenvalue weighted by atomic mass is 10.2. The molecule has 0 saturated heterocycles. The van der Waals surface area contributed by atoms with Crippen molar-refractivity contribution in [3.63, 3.8) is 0 Å². The Bertz CT molecular complexity index is 731. The number of primary amides is 1. The minimum atomic E-state index is -0.779. The van der Waals surface area contributed by atoms with Gasteiger partial charge in [-0.05, 0) is 40.2 Å². The lowest BCUT2D eigenvalue weighted by molar-refractivity contribution is 0.0733. The van der Waals surface area contributed by atoms with Crippen molar-refractivity contribution in [1.29, 1.82) is 0 Å². The van der Waals surface area contributed by atoms with E-state index in [2.05, 4.69) is 26.5 Å². The molecule has 0 spiro atoms. The fourth-order valence-electron chi connectivity index (χ4n) is 1.63. The van der Waals surface area contributed by atoms with Crippen molar-refractivity contribution < 1.29 is 14.3 Å². The zero-order valence-electron chi connectivity index (χ0n) is 11.3. The van der Waals surface area contributed by atoms with Gasteiger partial charge in [0.2, 0.25) is 0 Å². The molecule has 7 heteroatoms. The number of esters is 1. The lowest BCUT2D eigenvalue weighted by Gasteiger charge is -2.08. The number of halogens is 1. The summed E-state index contributed by atoms with van der Waals surface area (Å²) in [5, 5.41) is 3.65. The molecule has 0 aliphatic heterocycles. The number of carbonyl (C=O) groups excluding carboxylic acids is 2. The number of hydrogen-bond donors (Lipinski definition) is 2. The fraction of sp³-hybridized carbons (Fsp3) is 0. The zero-order chi connectivity index (χ0) is 15.9. The smallest absolute Gasteiger partial charge is 0.344 e. The van der Waals surface area contributed by atoms with E-state index in [4.69, 9.17) is 10.5 Å². The first-order valence-corrected chi connectivity index (χ1v) is 7.01. The van der Waals surface area contributed by atoms with Crippen LogP contribution in [0.5, 0.6) is 5.75 Å². The van der Waals surface area contributed by atoms with Gasteiger partial charge in [-0.15, -0.1) is 0 Å². The SMILES string of the molecule is NC(=O)N/N=C/c1ccccc1OC(=O)c1ccccc1Br. The van der Waals surface area contributed by atoms with Crippen molar-refractivity contribution >= 4 is 34.1 Å². The number of ether oxygens (including phenoxy) is 1. The number of urea groups is 1. The minimum Gasteiger partial charge on any atom is -0.422 e. The van der Waals surface area contributed by atoms with Gasteiger partial charge in [0.1, 0.15) is 5.75 Å². The molecule has 0 aliphatic carbocycles. The summed E-state index contributed by atoms with van der Waals surface area (Å²) in [4.78, 5) is 22.8. The maximum atomic E-state index is 12.2. The van der Waals surface area contributed by atoms with Gasteiger partial charge in [0.15, 0.2) is 0 Å². The van der Waals surface area contributed by atoms with Crippen LogP contribution in [-0.2, 0) is 0 Å². The van der Waals surface area contributed by atoms with E-state index in [9.17, 15) is 9.59 Å². The summed E-state index contributed by atoms with van der Waals surface area (Å²) < 4.78 is 6.01. The molecule has 0 fully saturated rings. The van der Waals surface area contributed by atoms with Gasteiger partial charge in [-0.2, -0.15) is 5.10 Å². The van der Waals surface area contributed by atoms with Crippen LogP contribution in [-0.4, -0.2) is 18.2 Å². The van der Waals surface area contributed by atoms with Gasteiger partial charge in [-0.3, -0.25) is 0 Å². The third-order valence-electron chi connectivity index (χ3n) is 2.59. The van der Waals surface area contributed by atoms with Gasteiger partial charge >= 0.3 is 12.0 Å². The van der Waals surface area contributed by atoms with E-state index in [1.54, 1.807) is 48.5 Å². The zero-order valence-corrected chi connectivity index (χ0v) is 12.9. The number of carbonyl (C=O) groups is 2. The van der Waals surface area contributed by atoms with Crippen LogP contribution in [0.3, 0.4) is 0 Å². The van der Waals surface area contributed by atoms with Crippen LogP contribution >= 0.6 is 15.9 Å². The first-order chi connectivity index (χ1) is 10.6. The topological polar surface area (TPSA) is 93.8 Å². The maximum Gasteiger partial charge on any atom is 0.344 e. The molecule has 0 aromatic heterocycles. The summed E-state index contributed by atoms with van der Waals surface area (Å²) in [6.45, 7) is 0. The third-order valence-corrected chi connectivity index (χ3v) is 3.29. The van der Waals surface area contributed by atoms with Gasteiger partial charge in [0, 0.05) is 10.0 Å². The highest BCUT2D eigenvalue weighted by Gasteiger charge is 2.13. The van der Waals surface area contributed by atoms with E-state index < -0.39 is 12.0 Å². The lowest BCUT2D eigenvalue weighted by Crippen LogP contribution is -2.24. The summed E-state index contributed by atoms with van der Waals surface area (Å²) in [5.41, 5.74) is 7.92. The van der Waals surface area contributed by atoms with E-state index in [0.29, 0.717) is 21.3 Å². The Hall–Kier alpha value is -2.67. The summed E-state index contributed by atoms with van der Waals surface area (Å²) in [6, 6.07) is 13.0. The van der Waals surface area contributed by atoms with Crippen molar-refractivity contribution in [2.24, 2.45) is 10.8 Å². The van der Waals surface area contributed by atoms with Crippen molar-refractivity contribution in [3.8, 4) is 5.75 Å². The normalized spacial score (nSPS) is 10.4. The highest BCUT2D eigenvalue weighted by Crippen LogP contribution is 2.21. The molecule has 2 rings (SSSR count). The second-order valence-corrected chi connectivity index (χ2v) is 5.00. The molecule has 0 bridgehead atoms. The van der Waals surface area contributed by atoms with E-state index in [1.807, 2.05) is 0 Å². The van der Waals surface area contributed by atoms with Gasteiger partial charge in [-0.1, -0.05) is 24.3 Å². The second kappa shape index (κ2) is 7.37. The second-order valence-electron chi connectivity index (χ2n) is 4.14. The molecule has 2 amide bonds. The van der Waals surface area contributed by atoms with Crippen LogP contribution in [0.15, 0.2) is 58.1 Å². The Morgan fingerprint density at radius 3 is 2.55 bits per heavy atom. The van der Waals surface area contributed by atoms with E-state index in [0.717, 1.165) is 0 Å². The molecule has 0 unspecified atom stereocenters. The molecule has 0 saturated carbocycles. The van der Waals surface area contributed by atoms with Crippen LogP contribution in [0.25, 0.3) is 0 Å². The Morgan fingerprint density at radius 1 is 1.14 bits per heavy atom. The molecule has 0 aliphatic rings. The van der Waals surface area contributed by atoms with E-state index >= 15 is 0 Å². The number of nitrogens with one attached hydrogen (secondary N) is 1. The molecular weight excluding hydrogens is 350 g/mol. The van der Waals surface area contributed by atoms with Crippen molar-refractivity contribution in [2.45, 2.75) is 0 Å². The van der Waals surface area contributed by atoms with Crippen molar-refractivity contribution in [2.75, 3.05) is 0 Å². The molecule has 0 heterocycles. The molecule has 2 aromatic rings. The van der Waals surface area contributed by atoms with Crippen LogP contribution in [0, 0.1) is 0 Å². The average molecular weight is 362 g/mol. The quantitative estimate of drug-likeness (QED) is 0.379. The minimum absolute atomic E-state index is 0.318.